The lowest BCUT2D eigenvalue weighted by Gasteiger charge is -2.35. The summed E-state index contributed by atoms with van der Waals surface area (Å²) in [6.45, 7) is 5.43. The molecule has 2 aromatic rings. The molecule has 1 amide bonds. The first kappa shape index (κ1) is 14.0. The van der Waals surface area contributed by atoms with E-state index in [9.17, 15) is 4.79 Å². The summed E-state index contributed by atoms with van der Waals surface area (Å²) in [6.07, 6.45) is 4.35. The fraction of sp³-hybridized carbons (Fsp3) is 0.471. The Labute approximate surface area is 125 Å². The number of aromatic amines is 1. The summed E-state index contributed by atoms with van der Waals surface area (Å²) in [4.78, 5) is 17.4. The van der Waals surface area contributed by atoms with Gasteiger partial charge in [-0.1, -0.05) is 13.8 Å². The number of aromatic nitrogens is 1. The van der Waals surface area contributed by atoms with Gasteiger partial charge in [-0.3, -0.25) is 4.79 Å². The van der Waals surface area contributed by atoms with Crippen molar-refractivity contribution < 1.29 is 9.53 Å². The monoisotopic (exact) mass is 286 g/mol. The topological polar surface area (TPSA) is 45.3 Å². The number of nitrogens with one attached hydrogen (secondary N) is 1. The maximum absolute atomic E-state index is 12.2. The van der Waals surface area contributed by atoms with Crippen LogP contribution in [-0.2, 0) is 11.2 Å². The second kappa shape index (κ2) is 5.80. The first-order valence-corrected chi connectivity index (χ1v) is 7.75. The van der Waals surface area contributed by atoms with Gasteiger partial charge >= 0.3 is 0 Å². The van der Waals surface area contributed by atoms with E-state index in [1.54, 1.807) is 0 Å². The molecule has 112 valence electrons. The van der Waals surface area contributed by atoms with Crippen LogP contribution < -0.4 is 4.74 Å². The fourth-order valence-electron chi connectivity index (χ4n) is 3.16. The van der Waals surface area contributed by atoms with Gasteiger partial charge < -0.3 is 14.6 Å². The molecule has 0 radical (unpaired) electrons. The average Bonchev–Trinajstić information content (AvgIpc) is 3.00. The normalized spacial score (nSPS) is 17.3. The number of carbonyl (C=O) groups excluding carboxylic acids is 1. The molecule has 1 atom stereocenters. The zero-order valence-corrected chi connectivity index (χ0v) is 12.7. The Balaban J connectivity index is 1.91. The SMILES string of the molecule is CCCN(C(=O)CC)C1COc2ccc3[nH]ccc3c2C1. The van der Waals surface area contributed by atoms with Crippen molar-refractivity contribution in [3.8, 4) is 5.75 Å². The van der Waals surface area contributed by atoms with E-state index >= 15 is 0 Å². The fourth-order valence-corrected chi connectivity index (χ4v) is 3.16. The molecule has 0 saturated heterocycles. The second-order valence-corrected chi connectivity index (χ2v) is 5.59. The van der Waals surface area contributed by atoms with Crippen molar-refractivity contribution in [1.29, 1.82) is 0 Å². The number of ether oxygens (including phenoxy) is 1. The highest BCUT2D eigenvalue weighted by molar-refractivity contribution is 5.85. The van der Waals surface area contributed by atoms with Crippen molar-refractivity contribution in [3.63, 3.8) is 0 Å². The number of nitrogens with zero attached hydrogens (tertiary/aromatic N) is 1. The van der Waals surface area contributed by atoms with Crippen LogP contribution in [-0.4, -0.2) is 35.0 Å². The minimum atomic E-state index is 0.144. The molecule has 0 bridgehead atoms. The quantitative estimate of drug-likeness (QED) is 0.938. The molecule has 1 unspecified atom stereocenters. The van der Waals surface area contributed by atoms with Crippen molar-refractivity contribution in [2.24, 2.45) is 0 Å². The van der Waals surface area contributed by atoms with E-state index in [1.807, 2.05) is 24.1 Å². The largest absolute Gasteiger partial charge is 0.491 e. The van der Waals surface area contributed by atoms with Crippen LogP contribution in [0.15, 0.2) is 24.4 Å². The molecule has 0 aliphatic carbocycles. The molecular weight excluding hydrogens is 264 g/mol. The first-order valence-electron chi connectivity index (χ1n) is 7.75. The number of hydrogen-bond donors (Lipinski definition) is 1. The van der Waals surface area contributed by atoms with Crippen LogP contribution in [0.25, 0.3) is 10.9 Å². The molecule has 1 aliphatic rings. The minimum absolute atomic E-state index is 0.144. The summed E-state index contributed by atoms with van der Waals surface area (Å²) in [7, 11) is 0. The first-order chi connectivity index (χ1) is 10.2. The van der Waals surface area contributed by atoms with Gasteiger partial charge in [0.15, 0.2) is 0 Å². The van der Waals surface area contributed by atoms with Crippen LogP contribution in [0.2, 0.25) is 0 Å². The number of benzene rings is 1. The molecular formula is C17H22N2O2. The Hall–Kier alpha value is -1.97. The Kier molecular flexibility index (Phi) is 3.86. The average molecular weight is 286 g/mol. The number of H-pyrrole nitrogens is 1. The van der Waals surface area contributed by atoms with Crippen molar-refractivity contribution in [2.45, 2.75) is 39.2 Å². The molecule has 0 saturated carbocycles. The summed E-state index contributed by atoms with van der Waals surface area (Å²) >= 11 is 0. The number of amides is 1. The smallest absolute Gasteiger partial charge is 0.222 e. The highest BCUT2D eigenvalue weighted by atomic mass is 16.5. The summed E-state index contributed by atoms with van der Waals surface area (Å²) in [6, 6.07) is 6.31. The van der Waals surface area contributed by atoms with Crippen molar-refractivity contribution in [1.82, 2.24) is 9.88 Å². The molecule has 1 aromatic carbocycles. The van der Waals surface area contributed by atoms with E-state index in [2.05, 4.69) is 24.0 Å². The van der Waals surface area contributed by atoms with E-state index < -0.39 is 0 Å². The highest BCUT2D eigenvalue weighted by Gasteiger charge is 2.28. The number of fused-ring (bicyclic) bond motifs is 3. The Morgan fingerprint density at radius 1 is 1.38 bits per heavy atom. The lowest BCUT2D eigenvalue weighted by atomic mass is 9.97. The summed E-state index contributed by atoms with van der Waals surface area (Å²) in [5.41, 5.74) is 2.34. The zero-order chi connectivity index (χ0) is 14.8. The van der Waals surface area contributed by atoms with E-state index in [1.165, 1.54) is 10.9 Å². The van der Waals surface area contributed by atoms with Crippen molar-refractivity contribution in [2.75, 3.05) is 13.2 Å². The van der Waals surface area contributed by atoms with Crippen LogP contribution in [0, 0.1) is 0 Å². The Morgan fingerprint density at radius 3 is 3.00 bits per heavy atom. The van der Waals surface area contributed by atoms with E-state index in [0.717, 1.165) is 30.7 Å². The molecule has 4 heteroatoms. The molecule has 1 N–H and O–H groups in total. The predicted octanol–water partition coefficient (Wildman–Crippen LogP) is 3.12. The highest BCUT2D eigenvalue weighted by Crippen LogP contribution is 2.33. The standard InChI is InChI=1S/C17H22N2O2/c1-3-9-19(17(20)4-2)12-10-14-13-7-8-18-15(13)5-6-16(14)21-11-12/h5-8,12,18H,3-4,9-11H2,1-2H3. The lowest BCUT2D eigenvalue weighted by Crippen LogP contribution is -2.46. The van der Waals surface area contributed by atoms with Crippen LogP contribution in [0.1, 0.15) is 32.3 Å². The zero-order valence-electron chi connectivity index (χ0n) is 12.7. The van der Waals surface area contributed by atoms with E-state index in [0.29, 0.717) is 13.0 Å². The molecule has 21 heavy (non-hydrogen) atoms. The third-order valence-electron chi connectivity index (χ3n) is 4.20. The van der Waals surface area contributed by atoms with Gasteiger partial charge in [0.1, 0.15) is 12.4 Å². The molecule has 3 rings (SSSR count). The molecule has 1 aliphatic heterocycles. The summed E-state index contributed by atoms with van der Waals surface area (Å²) < 4.78 is 5.93. The molecule has 1 aromatic heterocycles. The van der Waals surface area contributed by atoms with E-state index in [-0.39, 0.29) is 11.9 Å². The molecule has 2 heterocycles. The van der Waals surface area contributed by atoms with Crippen molar-refractivity contribution >= 4 is 16.8 Å². The van der Waals surface area contributed by atoms with Gasteiger partial charge in [0, 0.05) is 42.0 Å². The second-order valence-electron chi connectivity index (χ2n) is 5.59. The van der Waals surface area contributed by atoms with Gasteiger partial charge in [0.25, 0.3) is 0 Å². The van der Waals surface area contributed by atoms with Crippen LogP contribution >= 0.6 is 0 Å². The van der Waals surface area contributed by atoms with Gasteiger partial charge in [-0.15, -0.1) is 0 Å². The molecule has 4 nitrogen and oxygen atoms in total. The Bertz CT molecular complexity index is 647. The molecule has 0 spiro atoms. The minimum Gasteiger partial charge on any atom is -0.491 e. The summed E-state index contributed by atoms with van der Waals surface area (Å²) in [5, 5.41) is 1.21. The van der Waals surface area contributed by atoms with Crippen LogP contribution in [0.5, 0.6) is 5.75 Å². The van der Waals surface area contributed by atoms with Crippen LogP contribution in [0.4, 0.5) is 0 Å². The Morgan fingerprint density at radius 2 is 2.24 bits per heavy atom. The maximum Gasteiger partial charge on any atom is 0.222 e. The number of hydrogen-bond acceptors (Lipinski definition) is 2. The van der Waals surface area contributed by atoms with Crippen molar-refractivity contribution in [3.05, 3.63) is 30.0 Å². The van der Waals surface area contributed by atoms with Gasteiger partial charge in [-0.25, -0.2) is 0 Å². The third-order valence-corrected chi connectivity index (χ3v) is 4.20. The lowest BCUT2D eigenvalue weighted by molar-refractivity contribution is -0.134. The predicted molar refractivity (Wildman–Crippen MR) is 83.6 cm³/mol. The van der Waals surface area contributed by atoms with Gasteiger partial charge in [-0.05, 0) is 24.6 Å². The van der Waals surface area contributed by atoms with Gasteiger partial charge in [-0.2, -0.15) is 0 Å². The number of carbonyl (C=O) groups is 1. The number of rotatable bonds is 4. The van der Waals surface area contributed by atoms with E-state index in [4.69, 9.17) is 4.74 Å². The molecule has 0 fully saturated rings. The van der Waals surface area contributed by atoms with Crippen LogP contribution in [0.3, 0.4) is 0 Å². The maximum atomic E-state index is 12.2. The summed E-state index contributed by atoms with van der Waals surface area (Å²) in [5.74, 6) is 1.17. The van der Waals surface area contributed by atoms with Gasteiger partial charge in [0.05, 0.1) is 6.04 Å². The third kappa shape index (κ3) is 2.50. The van der Waals surface area contributed by atoms with Gasteiger partial charge in [0.2, 0.25) is 5.91 Å².